The van der Waals surface area contributed by atoms with Gasteiger partial charge in [-0.05, 0) is 53.7 Å². The molecule has 2 aliphatic heterocycles. The first-order chi connectivity index (χ1) is 11.7. The van der Waals surface area contributed by atoms with Crippen LogP contribution in [0, 0.1) is 0 Å². The van der Waals surface area contributed by atoms with E-state index in [2.05, 4.69) is 20.6 Å². The smallest absolute Gasteiger partial charge is 0.350 e. The lowest BCUT2D eigenvalue weighted by molar-refractivity contribution is -0.122. The number of tetrazole rings is 1. The number of nitrogens with one attached hydrogen (secondary N) is 1. The summed E-state index contributed by atoms with van der Waals surface area (Å²) in [5.41, 5.74) is -0.390. The van der Waals surface area contributed by atoms with E-state index in [0.717, 1.165) is 30.6 Å². The van der Waals surface area contributed by atoms with Gasteiger partial charge in [0, 0.05) is 18.6 Å². The fraction of sp³-hybridized carbons (Fsp3) is 0.600. The second-order valence-electron chi connectivity index (χ2n) is 6.34. The largest absolute Gasteiger partial charge is 0.369 e. The van der Waals surface area contributed by atoms with Gasteiger partial charge in [-0.2, -0.15) is 9.36 Å². The van der Waals surface area contributed by atoms with Gasteiger partial charge in [-0.1, -0.05) is 6.42 Å². The average Bonchev–Trinajstić information content (AvgIpc) is 3.30. The zero-order valence-corrected chi connectivity index (χ0v) is 14.1. The Bertz CT molecular complexity index is 767. The van der Waals surface area contributed by atoms with Gasteiger partial charge < -0.3 is 5.32 Å². The van der Waals surface area contributed by atoms with E-state index in [1.807, 2.05) is 11.4 Å². The van der Waals surface area contributed by atoms with E-state index < -0.39 is 5.69 Å². The van der Waals surface area contributed by atoms with Gasteiger partial charge >= 0.3 is 5.69 Å². The summed E-state index contributed by atoms with van der Waals surface area (Å²) in [6.07, 6.45) is 4.59. The summed E-state index contributed by atoms with van der Waals surface area (Å²) >= 11 is 1.40. The van der Waals surface area contributed by atoms with Crippen molar-refractivity contribution in [2.45, 2.75) is 44.3 Å². The van der Waals surface area contributed by atoms with E-state index in [1.54, 1.807) is 6.07 Å². The van der Waals surface area contributed by atoms with Gasteiger partial charge in [0.15, 0.2) is 0 Å². The topological polar surface area (TPSA) is 85.0 Å². The van der Waals surface area contributed by atoms with E-state index in [1.165, 1.54) is 28.9 Å². The van der Waals surface area contributed by atoms with Crippen LogP contribution in [0.15, 0.2) is 22.3 Å². The monoisotopic (exact) mass is 348 g/mol. The number of hydrogen-bond acceptors (Lipinski definition) is 6. The van der Waals surface area contributed by atoms with E-state index >= 15 is 0 Å². The molecule has 2 aromatic heterocycles. The van der Waals surface area contributed by atoms with Crippen molar-refractivity contribution in [3.63, 3.8) is 0 Å². The van der Waals surface area contributed by atoms with E-state index in [0.29, 0.717) is 11.0 Å². The molecule has 0 bridgehead atoms. The summed E-state index contributed by atoms with van der Waals surface area (Å²) in [4.78, 5) is 27.1. The molecule has 0 aromatic carbocycles. The summed E-state index contributed by atoms with van der Waals surface area (Å²) in [6.45, 7) is 2.09. The molecule has 9 heteroatoms. The molecule has 0 aliphatic carbocycles. The summed E-state index contributed by atoms with van der Waals surface area (Å²) in [5, 5.41) is 13.3. The highest BCUT2D eigenvalue weighted by Crippen LogP contribution is 2.27. The number of thiophene rings is 1. The van der Waals surface area contributed by atoms with Crippen LogP contribution in [0.25, 0.3) is 5.00 Å². The van der Waals surface area contributed by atoms with Crippen molar-refractivity contribution >= 4 is 17.2 Å². The first kappa shape index (κ1) is 15.5. The highest BCUT2D eigenvalue weighted by Gasteiger charge is 2.36. The molecule has 2 atom stereocenters. The number of fused-ring (bicyclic) bond motifs is 1. The summed E-state index contributed by atoms with van der Waals surface area (Å²) in [5.74, 6) is -0.173. The highest BCUT2D eigenvalue weighted by atomic mass is 32.1. The van der Waals surface area contributed by atoms with Crippen molar-refractivity contribution in [3.05, 3.63) is 28.0 Å². The molecule has 0 radical (unpaired) electrons. The molecule has 1 amide bonds. The maximum atomic E-state index is 12.3. The van der Waals surface area contributed by atoms with Gasteiger partial charge in [0.05, 0.1) is 0 Å². The maximum absolute atomic E-state index is 12.3. The maximum Gasteiger partial charge on any atom is 0.369 e. The molecule has 4 rings (SSSR count). The van der Waals surface area contributed by atoms with Crippen LogP contribution >= 0.6 is 11.3 Å². The molecule has 8 nitrogen and oxygen atoms in total. The third-order valence-electron chi connectivity index (χ3n) is 4.85. The van der Waals surface area contributed by atoms with Crippen LogP contribution < -0.4 is 11.0 Å². The van der Waals surface area contributed by atoms with Gasteiger partial charge in [0.1, 0.15) is 11.5 Å². The Labute approximate surface area is 143 Å². The second kappa shape index (κ2) is 6.48. The zero-order chi connectivity index (χ0) is 16.5. The number of aromatic nitrogens is 4. The lowest BCUT2D eigenvalue weighted by atomic mass is 9.99. The molecule has 2 fully saturated rings. The lowest BCUT2D eigenvalue weighted by Gasteiger charge is -2.32. The molecular formula is C15H20N6O2S. The highest BCUT2D eigenvalue weighted by molar-refractivity contribution is 7.12. The van der Waals surface area contributed by atoms with Crippen LogP contribution in [-0.2, 0) is 11.3 Å². The Morgan fingerprint density at radius 2 is 2.21 bits per heavy atom. The Morgan fingerprint density at radius 1 is 1.29 bits per heavy atom. The zero-order valence-electron chi connectivity index (χ0n) is 13.3. The Morgan fingerprint density at radius 3 is 3.04 bits per heavy atom. The average molecular weight is 348 g/mol. The molecular weight excluding hydrogens is 328 g/mol. The number of amides is 1. The SMILES string of the molecule is O=C(Cn1nnn(-c2cccs2)c1=O)N[C@@H]1CCN2CCCC[C@@H]12. The molecule has 0 unspecified atom stereocenters. The number of rotatable bonds is 4. The van der Waals surface area contributed by atoms with Crippen molar-refractivity contribution in [2.75, 3.05) is 13.1 Å². The number of piperidine rings is 1. The predicted molar refractivity (Wildman–Crippen MR) is 89.3 cm³/mol. The van der Waals surface area contributed by atoms with Crippen LogP contribution in [0.4, 0.5) is 0 Å². The van der Waals surface area contributed by atoms with Crippen molar-refractivity contribution < 1.29 is 4.79 Å². The summed E-state index contributed by atoms with van der Waals surface area (Å²) in [6, 6.07) is 4.26. The minimum Gasteiger partial charge on any atom is -0.350 e. The van der Waals surface area contributed by atoms with E-state index in [-0.39, 0.29) is 18.5 Å². The Kier molecular flexibility index (Phi) is 4.19. The van der Waals surface area contributed by atoms with Crippen LogP contribution in [0.2, 0.25) is 0 Å². The van der Waals surface area contributed by atoms with Gasteiger partial charge in [0.25, 0.3) is 0 Å². The number of carbonyl (C=O) groups excluding carboxylic acids is 1. The second-order valence-corrected chi connectivity index (χ2v) is 7.27. The third kappa shape index (κ3) is 2.89. The summed E-state index contributed by atoms with van der Waals surface area (Å²) in [7, 11) is 0. The minimum absolute atomic E-state index is 0.0899. The van der Waals surface area contributed by atoms with Gasteiger partial charge in [-0.15, -0.1) is 11.3 Å². The Hall–Kier alpha value is -2.00. The predicted octanol–water partition coefficient (Wildman–Crippen LogP) is 0.234. The number of hydrogen-bond donors (Lipinski definition) is 1. The third-order valence-corrected chi connectivity index (χ3v) is 5.69. The molecule has 128 valence electrons. The lowest BCUT2D eigenvalue weighted by Crippen LogP contribution is -2.48. The van der Waals surface area contributed by atoms with Crippen molar-refractivity contribution in [1.29, 1.82) is 0 Å². The van der Waals surface area contributed by atoms with Gasteiger partial charge in [-0.3, -0.25) is 9.69 Å². The minimum atomic E-state index is -0.390. The van der Waals surface area contributed by atoms with Crippen LogP contribution in [0.3, 0.4) is 0 Å². The molecule has 24 heavy (non-hydrogen) atoms. The molecule has 2 aromatic rings. The molecule has 2 aliphatic rings. The standard InChI is InChI=1S/C15H20N6O2S/c22-13(16-11-6-8-19-7-2-1-4-12(11)19)10-20-15(23)21(18-17-20)14-5-3-9-24-14/h3,5,9,11-12H,1-2,4,6-8,10H2,(H,16,22)/t11-,12+/m1/s1. The number of carbonyl (C=O) groups is 1. The fourth-order valence-electron chi connectivity index (χ4n) is 3.71. The van der Waals surface area contributed by atoms with Crippen molar-refractivity contribution in [2.24, 2.45) is 0 Å². The van der Waals surface area contributed by atoms with Crippen LogP contribution in [0.1, 0.15) is 25.7 Å². The molecule has 2 saturated heterocycles. The van der Waals surface area contributed by atoms with Gasteiger partial charge in [0.2, 0.25) is 5.91 Å². The van der Waals surface area contributed by atoms with Crippen LogP contribution in [-0.4, -0.2) is 55.8 Å². The quantitative estimate of drug-likeness (QED) is 0.855. The van der Waals surface area contributed by atoms with Crippen LogP contribution in [0.5, 0.6) is 0 Å². The normalized spacial score (nSPS) is 24.0. The molecule has 4 heterocycles. The first-order valence-electron chi connectivity index (χ1n) is 8.32. The van der Waals surface area contributed by atoms with Gasteiger partial charge in [-0.25, -0.2) is 4.79 Å². The molecule has 0 saturated carbocycles. The Balaban J connectivity index is 1.41. The van der Waals surface area contributed by atoms with E-state index in [9.17, 15) is 9.59 Å². The van der Waals surface area contributed by atoms with E-state index in [4.69, 9.17) is 0 Å². The fourth-order valence-corrected chi connectivity index (χ4v) is 4.37. The first-order valence-corrected chi connectivity index (χ1v) is 9.20. The number of nitrogens with zero attached hydrogens (tertiary/aromatic N) is 5. The van der Waals surface area contributed by atoms with Crippen molar-refractivity contribution in [3.8, 4) is 5.00 Å². The molecule has 0 spiro atoms. The summed E-state index contributed by atoms with van der Waals surface area (Å²) < 4.78 is 2.33. The van der Waals surface area contributed by atoms with Crippen molar-refractivity contribution in [1.82, 2.24) is 30.0 Å². The molecule has 1 N–H and O–H groups in total.